The molecule has 6 nitrogen and oxygen atoms in total. The second kappa shape index (κ2) is 16.5. The normalized spacial score (nSPS) is 20.0. The number of aromatic nitrogens is 4. The smallest absolute Gasteiger partial charge is 0.0648 e. The van der Waals surface area contributed by atoms with Crippen molar-refractivity contribution in [2.24, 2.45) is 0 Å². The number of nitrogens with zero attached hydrogens (tertiary/aromatic N) is 6. The molecule has 0 bridgehead atoms. The summed E-state index contributed by atoms with van der Waals surface area (Å²) in [5, 5.41) is 9.45. The fourth-order valence-electron chi connectivity index (χ4n) is 8.32. The van der Waals surface area contributed by atoms with Crippen LogP contribution >= 0.6 is 0 Å². The number of benzene rings is 2. The van der Waals surface area contributed by atoms with Crippen LogP contribution in [0.2, 0.25) is 0 Å². The Bertz CT molecular complexity index is 1520. The van der Waals surface area contributed by atoms with Crippen molar-refractivity contribution in [2.45, 2.75) is 122 Å². The largest absolute Gasteiger partial charge is 0.303 e. The van der Waals surface area contributed by atoms with Crippen LogP contribution in [0.25, 0.3) is 5.69 Å². The third kappa shape index (κ3) is 8.87. The minimum absolute atomic E-state index is 0.0829. The highest BCUT2D eigenvalue weighted by molar-refractivity contribution is 5.37. The summed E-state index contributed by atoms with van der Waals surface area (Å²) < 4.78 is 4.43. The average molecular weight is 649 g/mol. The molecule has 3 aliphatic rings. The van der Waals surface area contributed by atoms with E-state index in [0.717, 1.165) is 13.1 Å². The summed E-state index contributed by atoms with van der Waals surface area (Å²) in [6, 6.07) is 21.3. The maximum atomic E-state index is 4.73. The summed E-state index contributed by atoms with van der Waals surface area (Å²) in [4.78, 5) is 5.14. The molecule has 1 aliphatic heterocycles. The lowest BCUT2D eigenvalue weighted by molar-refractivity contribution is 0.268. The Morgan fingerprint density at radius 1 is 0.708 bits per heavy atom. The first-order valence-electron chi connectivity index (χ1n) is 19.0. The molecule has 6 heteroatoms. The molecule has 4 aromatic rings. The molecule has 0 radical (unpaired) electrons. The third-order valence-electron chi connectivity index (χ3n) is 10.9. The van der Waals surface area contributed by atoms with E-state index >= 15 is 0 Å². The van der Waals surface area contributed by atoms with Crippen molar-refractivity contribution >= 4 is 0 Å². The zero-order valence-electron chi connectivity index (χ0n) is 30.3. The van der Waals surface area contributed by atoms with Crippen LogP contribution in [0.5, 0.6) is 0 Å². The summed E-state index contributed by atoms with van der Waals surface area (Å²) >= 11 is 0. The van der Waals surface area contributed by atoms with Gasteiger partial charge < -0.3 is 9.80 Å². The molecule has 258 valence electrons. The van der Waals surface area contributed by atoms with Gasteiger partial charge in [-0.3, -0.25) is 4.68 Å². The van der Waals surface area contributed by atoms with E-state index in [1.165, 1.54) is 130 Å². The molecule has 2 atom stereocenters. The summed E-state index contributed by atoms with van der Waals surface area (Å²) in [7, 11) is 2.23. The van der Waals surface area contributed by atoms with Crippen molar-refractivity contribution in [2.75, 3.05) is 33.2 Å². The Kier molecular flexibility index (Phi) is 11.9. The molecule has 2 unspecified atom stereocenters. The van der Waals surface area contributed by atoms with Crippen LogP contribution < -0.4 is 0 Å². The molecular formula is C42H60N6. The Hall–Kier alpha value is -3.22. The predicted octanol–water partition coefficient (Wildman–Crippen LogP) is 9.14. The second-order valence-electron chi connectivity index (χ2n) is 15.7. The van der Waals surface area contributed by atoms with E-state index in [4.69, 9.17) is 10.2 Å². The first-order chi connectivity index (χ1) is 23.4. The van der Waals surface area contributed by atoms with E-state index in [-0.39, 0.29) is 5.54 Å². The number of para-hydroxylation sites is 1. The highest BCUT2D eigenvalue weighted by Crippen LogP contribution is 2.37. The van der Waals surface area contributed by atoms with Crippen LogP contribution in [-0.4, -0.2) is 62.6 Å². The van der Waals surface area contributed by atoms with Gasteiger partial charge in [0.1, 0.15) is 0 Å². The second-order valence-corrected chi connectivity index (χ2v) is 15.7. The Balaban J connectivity index is 0.000000167. The van der Waals surface area contributed by atoms with E-state index in [2.05, 4.69) is 120 Å². The van der Waals surface area contributed by atoms with E-state index < -0.39 is 0 Å². The molecule has 48 heavy (non-hydrogen) atoms. The molecule has 2 aromatic carbocycles. The zero-order valence-corrected chi connectivity index (χ0v) is 30.3. The predicted molar refractivity (Wildman–Crippen MR) is 199 cm³/mol. The Morgan fingerprint density at radius 2 is 1.31 bits per heavy atom. The van der Waals surface area contributed by atoms with Crippen molar-refractivity contribution < 1.29 is 0 Å². The molecule has 2 aromatic heterocycles. The number of fused-ring (bicyclic) bond motifs is 2. The number of hydrogen-bond acceptors (Lipinski definition) is 4. The van der Waals surface area contributed by atoms with Crippen molar-refractivity contribution in [1.82, 2.24) is 29.4 Å². The number of rotatable bonds is 9. The minimum atomic E-state index is 0.0829. The molecular weight excluding hydrogens is 589 g/mol. The van der Waals surface area contributed by atoms with Crippen molar-refractivity contribution in [3.05, 3.63) is 101 Å². The maximum Gasteiger partial charge on any atom is 0.0648 e. The van der Waals surface area contributed by atoms with Crippen LogP contribution in [0, 0.1) is 0 Å². The SMILES string of the molecule is CN(CCC1CCCc2c1cnn2C(C)(C)C)Cc1ccccc1.c1ccc(-n2ncc3c2CCCC3CCN2CCCCCC2)cc1. The molecule has 3 heterocycles. The lowest BCUT2D eigenvalue weighted by atomic mass is 9.84. The number of likely N-dealkylation sites (tertiary alicyclic amines) is 1. The quantitative estimate of drug-likeness (QED) is 0.182. The first-order valence-corrected chi connectivity index (χ1v) is 19.0. The van der Waals surface area contributed by atoms with Crippen LogP contribution in [0.15, 0.2) is 73.1 Å². The van der Waals surface area contributed by atoms with Crippen LogP contribution in [0.4, 0.5) is 0 Å². The lowest BCUT2D eigenvalue weighted by Crippen LogP contribution is -2.27. The van der Waals surface area contributed by atoms with Crippen molar-refractivity contribution in [3.8, 4) is 5.69 Å². The fraction of sp³-hybridized carbons (Fsp3) is 0.571. The van der Waals surface area contributed by atoms with E-state index in [0.29, 0.717) is 11.8 Å². The molecule has 0 spiro atoms. The van der Waals surface area contributed by atoms with E-state index in [1.807, 2.05) is 0 Å². The molecule has 1 saturated heterocycles. The van der Waals surface area contributed by atoms with Gasteiger partial charge in [-0.15, -0.1) is 0 Å². The maximum absolute atomic E-state index is 4.73. The monoisotopic (exact) mass is 648 g/mol. The average Bonchev–Trinajstić information content (AvgIpc) is 3.66. The van der Waals surface area contributed by atoms with Crippen molar-refractivity contribution in [1.29, 1.82) is 0 Å². The zero-order chi connectivity index (χ0) is 33.3. The van der Waals surface area contributed by atoms with Gasteiger partial charge in [0.15, 0.2) is 0 Å². The molecule has 0 N–H and O–H groups in total. The molecule has 0 saturated carbocycles. The third-order valence-corrected chi connectivity index (χ3v) is 10.9. The van der Waals surface area contributed by atoms with Crippen LogP contribution in [0.3, 0.4) is 0 Å². The van der Waals surface area contributed by atoms with Gasteiger partial charge in [0.2, 0.25) is 0 Å². The number of hydrogen-bond donors (Lipinski definition) is 0. The Labute approximate surface area is 290 Å². The summed E-state index contributed by atoms with van der Waals surface area (Å²) in [6.45, 7) is 12.8. The van der Waals surface area contributed by atoms with Gasteiger partial charge in [0, 0.05) is 17.9 Å². The topological polar surface area (TPSA) is 42.1 Å². The summed E-state index contributed by atoms with van der Waals surface area (Å²) in [6.07, 6.45) is 20.0. The van der Waals surface area contributed by atoms with Gasteiger partial charge in [-0.25, -0.2) is 4.68 Å². The Morgan fingerprint density at radius 3 is 2.00 bits per heavy atom. The van der Waals surface area contributed by atoms with Crippen molar-refractivity contribution in [3.63, 3.8) is 0 Å². The highest BCUT2D eigenvalue weighted by Gasteiger charge is 2.28. The van der Waals surface area contributed by atoms with E-state index in [1.54, 1.807) is 0 Å². The van der Waals surface area contributed by atoms with Gasteiger partial charge >= 0.3 is 0 Å². The summed E-state index contributed by atoms with van der Waals surface area (Å²) in [5.74, 6) is 1.37. The van der Waals surface area contributed by atoms with Gasteiger partial charge in [-0.2, -0.15) is 10.2 Å². The fourth-order valence-corrected chi connectivity index (χ4v) is 8.32. The van der Waals surface area contributed by atoms with E-state index in [9.17, 15) is 0 Å². The van der Waals surface area contributed by atoms with Crippen LogP contribution in [0.1, 0.15) is 125 Å². The molecule has 7 rings (SSSR count). The molecule has 2 aliphatic carbocycles. The molecule has 0 amide bonds. The standard InChI is InChI=1S/C21H29N3.C21H31N3/c1-2-7-15-23(14-6-1)16-13-18-9-8-12-21-20(18)17-22-24(21)19-10-4-3-5-11-19;1-21(2,3)24-20-12-8-11-18(19(20)15-22-24)13-14-23(4)16-17-9-6-5-7-10-17/h3-5,10-11,17-18H,1-2,6-9,12-16H2;5-7,9-10,15,18H,8,11-14,16H2,1-4H3. The molecule has 1 fully saturated rings. The van der Waals surface area contributed by atoms with Gasteiger partial charge in [0.05, 0.1) is 23.6 Å². The first kappa shape index (κ1) is 34.6. The summed E-state index contributed by atoms with van der Waals surface area (Å²) in [5.41, 5.74) is 8.62. The highest BCUT2D eigenvalue weighted by atomic mass is 15.3. The van der Waals surface area contributed by atoms with Crippen LogP contribution in [-0.2, 0) is 24.9 Å². The van der Waals surface area contributed by atoms with Gasteiger partial charge in [0.25, 0.3) is 0 Å². The lowest BCUT2D eigenvalue weighted by Gasteiger charge is -2.28. The van der Waals surface area contributed by atoms with Gasteiger partial charge in [-0.1, -0.05) is 61.4 Å². The minimum Gasteiger partial charge on any atom is -0.303 e. The van der Waals surface area contributed by atoms with Gasteiger partial charge in [-0.05, 0) is 159 Å².